The van der Waals surface area contributed by atoms with Gasteiger partial charge in [-0.05, 0) is 63.1 Å². The predicted octanol–water partition coefficient (Wildman–Crippen LogP) is 3.51. The molecule has 0 heterocycles. The summed E-state index contributed by atoms with van der Waals surface area (Å²) in [6.45, 7) is 6.95. The monoisotopic (exact) mass is 328 g/mol. The average Bonchev–Trinajstić information content (AvgIpc) is 2.52. The molecule has 0 unspecified atom stereocenters. The predicted molar refractivity (Wildman–Crippen MR) is 89.7 cm³/mol. The third kappa shape index (κ3) is 3.40. The Kier molecular flexibility index (Phi) is 4.93. The maximum atomic E-state index is 12.6. The topological polar surface area (TPSA) is 83.8 Å². The third-order valence-electron chi connectivity index (χ3n) is 3.77. The van der Waals surface area contributed by atoms with E-state index < -0.39 is 11.8 Å². The van der Waals surface area contributed by atoms with Gasteiger partial charge >= 0.3 is 5.97 Å². The van der Waals surface area contributed by atoms with Gasteiger partial charge in [-0.1, -0.05) is 6.07 Å². The molecule has 2 aromatic carbocycles. The summed E-state index contributed by atoms with van der Waals surface area (Å²) in [5.74, 6) is -1.49. The summed E-state index contributed by atoms with van der Waals surface area (Å²) in [7, 11) is 0. The molecule has 0 saturated heterocycles. The average molecular weight is 328 g/mol. The molecule has 5 heteroatoms. The van der Waals surface area contributed by atoms with Gasteiger partial charge in [0.1, 0.15) is 17.1 Å². The van der Waals surface area contributed by atoms with E-state index in [1.165, 1.54) is 18.2 Å². The Morgan fingerprint density at radius 1 is 1.00 bits per heavy atom. The number of hydrogen-bond acceptors (Lipinski definition) is 5. The van der Waals surface area contributed by atoms with E-state index in [1.54, 1.807) is 32.9 Å². The van der Waals surface area contributed by atoms with Gasteiger partial charge in [-0.25, -0.2) is 4.79 Å². The molecule has 0 radical (unpaired) electrons. The first-order valence-electron chi connectivity index (χ1n) is 7.60. The van der Waals surface area contributed by atoms with Crippen LogP contribution in [0.3, 0.4) is 0 Å². The van der Waals surface area contributed by atoms with Crippen LogP contribution in [0.5, 0.6) is 11.5 Å². The molecule has 2 rings (SSSR count). The van der Waals surface area contributed by atoms with Crippen LogP contribution in [0.2, 0.25) is 0 Å². The molecular formula is C19H20O5. The van der Waals surface area contributed by atoms with Crippen molar-refractivity contribution < 1.29 is 24.5 Å². The normalized spacial score (nSPS) is 10.7. The molecule has 0 spiro atoms. The first-order valence-corrected chi connectivity index (χ1v) is 7.60. The van der Waals surface area contributed by atoms with Crippen LogP contribution in [0, 0.1) is 13.8 Å². The molecule has 2 N–H and O–H groups in total. The zero-order valence-corrected chi connectivity index (χ0v) is 14.1. The van der Waals surface area contributed by atoms with Gasteiger partial charge in [-0.3, -0.25) is 4.79 Å². The fraction of sp³-hybridized carbons (Fsp3) is 0.263. The number of ether oxygens (including phenoxy) is 1. The van der Waals surface area contributed by atoms with Crippen molar-refractivity contribution in [2.45, 2.75) is 33.8 Å². The molecule has 0 aliphatic rings. The van der Waals surface area contributed by atoms with Crippen LogP contribution >= 0.6 is 0 Å². The van der Waals surface area contributed by atoms with Crippen molar-refractivity contribution in [3.05, 3.63) is 58.1 Å². The van der Waals surface area contributed by atoms with Crippen LogP contribution in [-0.4, -0.2) is 28.1 Å². The number of ketones is 1. The van der Waals surface area contributed by atoms with E-state index in [2.05, 4.69) is 0 Å². The minimum atomic E-state index is -0.707. The third-order valence-corrected chi connectivity index (χ3v) is 3.77. The van der Waals surface area contributed by atoms with Crippen molar-refractivity contribution >= 4 is 11.8 Å². The number of carbonyl (C=O) groups excluding carboxylic acids is 2. The lowest BCUT2D eigenvalue weighted by Crippen LogP contribution is -2.13. The minimum absolute atomic E-state index is 0.0839. The van der Waals surface area contributed by atoms with E-state index in [0.717, 1.165) is 5.56 Å². The van der Waals surface area contributed by atoms with Gasteiger partial charge in [0.2, 0.25) is 0 Å². The standard InChI is InChI=1S/C19H20O5/c1-10(2)24-19(23)15-9-13(6-8-16(15)20)18(22)14-7-5-11(3)12(4)17(14)21/h5-10,20-21H,1-4H3. The van der Waals surface area contributed by atoms with Crippen molar-refractivity contribution in [2.75, 3.05) is 0 Å². The Labute approximate surface area is 140 Å². The quantitative estimate of drug-likeness (QED) is 0.663. The molecule has 0 aliphatic heterocycles. The molecule has 24 heavy (non-hydrogen) atoms. The SMILES string of the molecule is Cc1ccc(C(=O)c2ccc(O)c(C(=O)OC(C)C)c2)c(O)c1C. The van der Waals surface area contributed by atoms with E-state index in [0.29, 0.717) is 5.56 Å². The summed E-state index contributed by atoms with van der Waals surface area (Å²) in [4.78, 5) is 24.7. The van der Waals surface area contributed by atoms with E-state index in [1.807, 2.05) is 6.92 Å². The van der Waals surface area contributed by atoms with Gasteiger partial charge in [0.05, 0.1) is 11.7 Å². The molecule has 2 aromatic rings. The molecule has 0 atom stereocenters. The first-order chi connectivity index (χ1) is 11.2. The Balaban J connectivity index is 2.45. The zero-order chi connectivity index (χ0) is 18.0. The van der Waals surface area contributed by atoms with Crippen molar-refractivity contribution in [3.63, 3.8) is 0 Å². The Morgan fingerprint density at radius 3 is 2.29 bits per heavy atom. The lowest BCUT2D eigenvalue weighted by molar-refractivity contribution is 0.0374. The number of phenolic OH excluding ortho intramolecular Hbond substituents is 2. The van der Waals surface area contributed by atoms with Crippen molar-refractivity contribution in [2.24, 2.45) is 0 Å². The number of aryl methyl sites for hydroxylation is 1. The van der Waals surface area contributed by atoms with Crippen LogP contribution in [0.4, 0.5) is 0 Å². The minimum Gasteiger partial charge on any atom is -0.507 e. The summed E-state index contributed by atoms with van der Waals surface area (Å²) >= 11 is 0. The van der Waals surface area contributed by atoms with Crippen molar-refractivity contribution in [1.82, 2.24) is 0 Å². The summed E-state index contributed by atoms with van der Waals surface area (Å²) in [5.41, 5.74) is 1.74. The molecule has 0 aromatic heterocycles. The number of rotatable bonds is 4. The van der Waals surface area contributed by atoms with Crippen LogP contribution in [-0.2, 0) is 4.74 Å². The zero-order valence-electron chi connectivity index (χ0n) is 14.1. The molecule has 0 amide bonds. The van der Waals surface area contributed by atoms with E-state index in [-0.39, 0.29) is 34.3 Å². The molecule has 5 nitrogen and oxygen atoms in total. The highest BCUT2D eigenvalue weighted by molar-refractivity contribution is 6.12. The van der Waals surface area contributed by atoms with Gasteiger partial charge in [-0.15, -0.1) is 0 Å². The van der Waals surface area contributed by atoms with Crippen LogP contribution in [0.25, 0.3) is 0 Å². The Morgan fingerprint density at radius 2 is 1.67 bits per heavy atom. The number of carbonyl (C=O) groups is 2. The molecular weight excluding hydrogens is 308 g/mol. The first kappa shape index (κ1) is 17.5. The van der Waals surface area contributed by atoms with Crippen LogP contribution in [0.1, 0.15) is 51.3 Å². The van der Waals surface area contributed by atoms with Gasteiger partial charge in [0.15, 0.2) is 5.78 Å². The number of phenols is 2. The lowest BCUT2D eigenvalue weighted by atomic mass is 9.96. The summed E-state index contributed by atoms with van der Waals surface area (Å²) in [6.07, 6.45) is -0.347. The van der Waals surface area contributed by atoms with E-state index in [4.69, 9.17) is 4.74 Å². The molecule has 0 aliphatic carbocycles. The van der Waals surface area contributed by atoms with Crippen molar-refractivity contribution in [3.8, 4) is 11.5 Å². The number of benzene rings is 2. The van der Waals surface area contributed by atoms with Gasteiger partial charge < -0.3 is 14.9 Å². The highest BCUT2D eigenvalue weighted by Crippen LogP contribution is 2.28. The number of hydrogen-bond donors (Lipinski definition) is 2. The van der Waals surface area contributed by atoms with Gasteiger partial charge in [0.25, 0.3) is 0 Å². The molecule has 0 bridgehead atoms. The number of aromatic hydroxyl groups is 2. The molecule has 0 saturated carbocycles. The smallest absolute Gasteiger partial charge is 0.342 e. The molecule has 126 valence electrons. The van der Waals surface area contributed by atoms with Gasteiger partial charge in [-0.2, -0.15) is 0 Å². The summed E-state index contributed by atoms with van der Waals surface area (Å²) in [5, 5.41) is 20.0. The van der Waals surface area contributed by atoms with E-state index in [9.17, 15) is 19.8 Å². The van der Waals surface area contributed by atoms with Gasteiger partial charge in [0, 0.05) is 5.56 Å². The maximum absolute atomic E-state index is 12.6. The van der Waals surface area contributed by atoms with E-state index >= 15 is 0 Å². The second kappa shape index (κ2) is 6.74. The van der Waals surface area contributed by atoms with Crippen LogP contribution in [0.15, 0.2) is 30.3 Å². The fourth-order valence-corrected chi connectivity index (χ4v) is 2.26. The maximum Gasteiger partial charge on any atom is 0.342 e. The van der Waals surface area contributed by atoms with Crippen molar-refractivity contribution in [1.29, 1.82) is 0 Å². The number of esters is 1. The van der Waals surface area contributed by atoms with Crippen LogP contribution < -0.4 is 0 Å². The Bertz CT molecular complexity index is 806. The highest BCUT2D eigenvalue weighted by Gasteiger charge is 2.20. The lowest BCUT2D eigenvalue weighted by Gasteiger charge is -2.12. The fourth-order valence-electron chi connectivity index (χ4n) is 2.26. The molecule has 0 fully saturated rings. The highest BCUT2D eigenvalue weighted by atomic mass is 16.5. The Hall–Kier alpha value is -2.82. The summed E-state index contributed by atoms with van der Waals surface area (Å²) < 4.78 is 5.06. The second-order valence-corrected chi connectivity index (χ2v) is 5.92. The second-order valence-electron chi connectivity index (χ2n) is 5.92. The largest absolute Gasteiger partial charge is 0.507 e. The summed E-state index contributed by atoms with van der Waals surface area (Å²) in [6, 6.07) is 7.23.